The van der Waals surface area contributed by atoms with Crippen molar-refractivity contribution in [3.8, 4) is 5.75 Å². The number of amides is 2. The highest BCUT2D eigenvalue weighted by Crippen LogP contribution is 2.27. The standard InChI is InChI=1S/C22H18ClFN2O5S/c1-31-15-7-8-17(19(24)12-15)22(28)25-14-6-9-20(18(23)11-14)26-21(27)13-4-3-5-16(10-13)32(2,29)30/h3-12H,1-2H3,(H,25,28)(H,26,27). The third-order valence-electron chi connectivity index (χ3n) is 4.42. The number of hydrogen-bond donors (Lipinski definition) is 2. The Morgan fingerprint density at radius 2 is 1.72 bits per heavy atom. The number of carbonyl (C=O) groups excluding carboxylic acids is 2. The molecule has 0 aliphatic heterocycles. The summed E-state index contributed by atoms with van der Waals surface area (Å²) in [5, 5.41) is 5.23. The maximum Gasteiger partial charge on any atom is 0.258 e. The summed E-state index contributed by atoms with van der Waals surface area (Å²) in [6.07, 6.45) is 1.05. The van der Waals surface area contributed by atoms with E-state index in [9.17, 15) is 22.4 Å². The lowest BCUT2D eigenvalue weighted by molar-refractivity contribution is 0.101. The predicted octanol–water partition coefficient (Wildman–Crippen LogP) is 4.40. The molecule has 3 aromatic carbocycles. The normalized spacial score (nSPS) is 11.0. The van der Waals surface area contributed by atoms with Gasteiger partial charge in [-0.25, -0.2) is 12.8 Å². The number of halogens is 2. The lowest BCUT2D eigenvalue weighted by atomic mass is 10.1. The number of methoxy groups -OCH3 is 1. The Balaban J connectivity index is 1.74. The summed E-state index contributed by atoms with van der Waals surface area (Å²) in [5.74, 6) is -1.71. The molecule has 32 heavy (non-hydrogen) atoms. The highest BCUT2D eigenvalue weighted by atomic mass is 35.5. The predicted molar refractivity (Wildman–Crippen MR) is 120 cm³/mol. The van der Waals surface area contributed by atoms with Crippen LogP contribution in [-0.2, 0) is 9.84 Å². The van der Waals surface area contributed by atoms with Crippen LogP contribution in [-0.4, -0.2) is 33.6 Å². The largest absolute Gasteiger partial charge is 0.497 e. The quantitative estimate of drug-likeness (QED) is 0.549. The Labute approximate surface area is 189 Å². The third-order valence-corrected chi connectivity index (χ3v) is 5.84. The Morgan fingerprint density at radius 1 is 0.969 bits per heavy atom. The van der Waals surface area contributed by atoms with Crippen molar-refractivity contribution in [2.45, 2.75) is 4.90 Å². The van der Waals surface area contributed by atoms with E-state index in [0.717, 1.165) is 12.3 Å². The SMILES string of the molecule is COc1ccc(C(=O)Nc2ccc(NC(=O)c3cccc(S(C)(=O)=O)c3)c(Cl)c2)c(F)c1. The number of carbonyl (C=O) groups is 2. The topological polar surface area (TPSA) is 102 Å². The molecule has 2 amide bonds. The van der Waals surface area contributed by atoms with Crippen LogP contribution in [0, 0.1) is 5.82 Å². The number of anilines is 2. The molecular formula is C22H18ClFN2O5S. The lowest BCUT2D eigenvalue weighted by Gasteiger charge is -2.11. The Bertz CT molecular complexity index is 1310. The summed E-state index contributed by atoms with van der Waals surface area (Å²) in [6.45, 7) is 0. The molecule has 0 spiro atoms. The van der Waals surface area contributed by atoms with Crippen LogP contribution in [0.2, 0.25) is 5.02 Å². The maximum atomic E-state index is 14.1. The molecule has 0 aliphatic carbocycles. The number of rotatable bonds is 6. The van der Waals surface area contributed by atoms with Crippen molar-refractivity contribution >= 4 is 44.6 Å². The average molecular weight is 477 g/mol. The van der Waals surface area contributed by atoms with Gasteiger partial charge < -0.3 is 15.4 Å². The molecule has 0 aliphatic rings. The summed E-state index contributed by atoms with van der Waals surface area (Å²) in [4.78, 5) is 24.9. The average Bonchev–Trinajstić information content (AvgIpc) is 2.74. The molecule has 10 heteroatoms. The van der Waals surface area contributed by atoms with Crippen molar-refractivity contribution in [1.29, 1.82) is 0 Å². The van der Waals surface area contributed by atoms with Gasteiger partial charge in [0.1, 0.15) is 11.6 Å². The zero-order valence-corrected chi connectivity index (χ0v) is 18.6. The molecule has 2 N–H and O–H groups in total. The van der Waals surface area contributed by atoms with Crippen LogP contribution in [0.15, 0.2) is 65.6 Å². The minimum absolute atomic E-state index is 0.0140. The second kappa shape index (κ2) is 9.37. The minimum Gasteiger partial charge on any atom is -0.497 e. The van der Waals surface area contributed by atoms with Gasteiger partial charge >= 0.3 is 0 Å². The van der Waals surface area contributed by atoms with Gasteiger partial charge in [-0.1, -0.05) is 17.7 Å². The van der Waals surface area contributed by atoms with Crippen molar-refractivity contribution in [3.63, 3.8) is 0 Å². The third kappa shape index (κ3) is 5.43. The molecule has 0 unspecified atom stereocenters. The second-order valence-corrected chi connectivity index (χ2v) is 9.17. The van der Waals surface area contributed by atoms with Gasteiger partial charge in [0.05, 0.1) is 28.3 Å². The van der Waals surface area contributed by atoms with Gasteiger partial charge in [-0.2, -0.15) is 0 Å². The van der Waals surface area contributed by atoms with E-state index in [4.69, 9.17) is 16.3 Å². The van der Waals surface area contributed by atoms with Crippen LogP contribution in [0.5, 0.6) is 5.75 Å². The van der Waals surface area contributed by atoms with E-state index < -0.39 is 27.5 Å². The molecule has 3 aromatic rings. The van der Waals surface area contributed by atoms with Crippen molar-refractivity contribution in [2.24, 2.45) is 0 Å². The first-order valence-corrected chi connectivity index (χ1v) is 11.4. The zero-order chi connectivity index (χ0) is 23.5. The van der Waals surface area contributed by atoms with Gasteiger partial charge in [0.25, 0.3) is 11.8 Å². The number of hydrogen-bond acceptors (Lipinski definition) is 5. The van der Waals surface area contributed by atoms with E-state index in [0.29, 0.717) is 0 Å². The van der Waals surface area contributed by atoms with Crippen LogP contribution < -0.4 is 15.4 Å². The fourth-order valence-corrected chi connectivity index (χ4v) is 3.66. The first-order valence-electron chi connectivity index (χ1n) is 9.14. The molecule has 0 saturated heterocycles. The second-order valence-electron chi connectivity index (χ2n) is 6.75. The Morgan fingerprint density at radius 3 is 2.34 bits per heavy atom. The number of benzene rings is 3. The van der Waals surface area contributed by atoms with Crippen molar-refractivity contribution in [2.75, 3.05) is 24.0 Å². The first-order chi connectivity index (χ1) is 15.1. The fraction of sp³-hybridized carbons (Fsp3) is 0.0909. The van der Waals surface area contributed by atoms with E-state index in [1.165, 1.54) is 61.7 Å². The molecule has 0 aromatic heterocycles. The van der Waals surface area contributed by atoms with Crippen molar-refractivity contribution in [1.82, 2.24) is 0 Å². The van der Waals surface area contributed by atoms with E-state index in [-0.39, 0.29) is 38.2 Å². The van der Waals surface area contributed by atoms with Crippen LogP contribution in [0.4, 0.5) is 15.8 Å². The highest BCUT2D eigenvalue weighted by molar-refractivity contribution is 7.90. The van der Waals surface area contributed by atoms with Gasteiger partial charge in [-0.15, -0.1) is 0 Å². The molecule has 166 valence electrons. The molecule has 3 rings (SSSR count). The van der Waals surface area contributed by atoms with Gasteiger partial charge in [0, 0.05) is 23.6 Å². The van der Waals surface area contributed by atoms with Crippen LogP contribution >= 0.6 is 11.6 Å². The molecule has 0 bridgehead atoms. The Kier molecular flexibility index (Phi) is 6.81. The van der Waals surface area contributed by atoms with Gasteiger partial charge in [0.15, 0.2) is 9.84 Å². The van der Waals surface area contributed by atoms with Gasteiger partial charge in [-0.3, -0.25) is 9.59 Å². The van der Waals surface area contributed by atoms with Crippen LogP contribution in [0.25, 0.3) is 0 Å². The monoisotopic (exact) mass is 476 g/mol. The molecule has 0 heterocycles. The van der Waals surface area contributed by atoms with E-state index in [1.54, 1.807) is 0 Å². The zero-order valence-electron chi connectivity index (χ0n) is 17.0. The van der Waals surface area contributed by atoms with Crippen molar-refractivity contribution < 1.29 is 27.1 Å². The molecule has 0 saturated carbocycles. The summed E-state index contributed by atoms with van der Waals surface area (Å²) in [6, 6.07) is 13.8. The minimum atomic E-state index is -3.47. The van der Waals surface area contributed by atoms with Crippen molar-refractivity contribution in [3.05, 3.63) is 82.6 Å². The number of nitrogens with one attached hydrogen (secondary N) is 2. The number of ether oxygens (including phenoxy) is 1. The molecule has 7 nitrogen and oxygen atoms in total. The Hall–Kier alpha value is -3.43. The molecular weight excluding hydrogens is 459 g/mol. The first kappa shape index (κ1) is 23.2. The molecule has 0 fully saturated rings. The lowest BCUT2D eigenvalue weighted by Crippen LogP contribution is -2.15. The summed E-state index contributed by atoms with van der Waals surface area (Å²) < 4.78 is 42.4. The summed E-state index contributed by atoms with van der Waals surface area (Å²) >= 11 is 6.21. The van der Waals surface area contributed by atoms with E-state index in [1.807, 2.05) is 0 Å². The van der Waals surface area contributed by atoms with Crippen LogP contribution in [0.1, 0.15) is 20.7 Å². The van der Waals surface area contributed by atoms with Crippen LogP contribution in [0.3, 0.4) is 0 Å². The van der Waals surface area contributed by atoms with Gasteiger partial charge in [0.2, 0.25) is 0 Å². The highest BCUT2D eigenvalue weighted by Gasteiger charge is 2.15. The number of sulfone groups is 1. The fourth-order valence-electron chi connectivity index (χ4n) is 2.76. The molecule has 0 radical (unpaired) electrons. The smallest absolute Gasteiger partial charge is 0.258 e. The summed E-state index contributed by atoms with van der Waals surface area (Å²) in [7, 11) is -2.08. The van der Waals surface area contributed by atoms with Gasteiger partial charge in [-0.05, 0) is 48.5 Å². The van der Waals surface area contributed by atoms with E-state index in [2.05, 4.69) is 10.6 Å². The maximum absolute atomic E-state index is 14.1. The molecule has 0 atom stereocenters. The summed E-state index contributed by atoms with van der Waals surface area (Å²) in [5.41, 5.74) is 0.490. The van der Waals surface area contributed by atoms with E-state index >= 15 is 0 Å².